The zero-order valence-corrected chi connectivity index (χ0v) is 20.8. The molecule has 0 unspecified atom stereocenters. The maximum atomic E-state index is 14.4. The number of fused-ring (bicyclic) bond motifs is 1. The Morgan fingerprint density at radius 2 is 1.94 bits per heavy atom. The number of hydrogen-bond donors (Lipinski definition) is 1. The summed E-state index contributed by atoms with van der Waals surface area (Å²) in [5.74, 6) is -0.981. The van der Waals surface area contributed by atoms with E-state index in [1.807, 2.05) is 0 Å². The molecular weight excluding hydrogens is 505 g/mol. The van der Waals surface area contributed by atoms with Gasteiger partial charge in [-0.15, -0.1) is 11.3 Å². The monoisotopic (exact) mass is 529 g/mol. The third kappa shape index (κ3) is 4.44. The summed E-state index contributed by atoms with van der Waals surface area (Å²) in [6.45, 7) is 2.10. The fourth-order valence-corrected chi connectivity index (χ4v) is 6.06. The predicted molar refractivity (Wildman–Crippen MR) is 137 cm³/mol. The number of sulfonamides is 1. The Morgan fingerprint density at radius 1 is 1.17 bits per heavy atom. The van der Waals surface area contributed by atoms with E-state index in [0.29, 0.717) is 23.1 Å². The lowest BCUT2D eigenvalue weighted by Crippen LogP contribution is -2.53. The highest BCUT2D eigenvalue weighted by atomic mass is 32.2. The highest BCUT2D eigenvalue weighted by Crippen LogP contribution is 2.26. The average Bonchev–Trinajstić information content (AvgIpc) is 3.53. The van der Waals surface area contributed by atoms with Crippen LogP contribution in [0, 0.1) is 5.82 Å². The number of nitrogens with one attached hydrogen (secondary N) is 1. The number of aromatic nitrogens is 2. The predicted octanol–water partition coefficient (Wildman–Crippen LogP) is 3.72. The number of carbonyl (C=O) groups is 2. The number of hydrogen-bond acceptors (Lipinski definition) is 6. The molecule has 1 saturated heterocycles. The Hall–Kier alpha value is -3.77. The lowest BCUT2D eigenvalue weighted by molar-refractivity contribution is -0.139. The second kappa shape index (κ2) is 9.36. The van der Waals surface area contributed by atoms with Crippen molar-refractivity contribution in [2.45, 2.75) is 17.9 Å². The summed E-state index contributed by atoms with van der Waals surface area (Å²) in [5, 5.41) is 2.62. The molecule has 0 saturated carbocycles. The van der Waals surface area contributed by atoms with Crippen LogP contribution >= 0.6 is 11.3 Å². The summed E-state index contributed by atoms with van der Waals surface area (Å²) in [7, 11) is -3.80. The molecule has 5 rings (SSSR count). The number of carbonyl (C=O) groups excluding carboxylic acids is 2. The summed E-state index contributed by atoms with van der Waals surface area (Å²) in [6, 6.07) is 11.8. The van der Waals surface area contributed by atoms with Gasteiger partial charge >= 0.3 is 0 Å². The van der Waals surface area contributed by atoms with Gasteiger partial charge in [0.2, 0.25) is 11.8 Å². The van der Waals surface area contributed by atoms with E-state index in [1.165, 1.54) is 45.5 Å². The quantitative estimate of drug-likeness (QED) is 0.410. The van der Waals surface area contributed by atoms with E-state index >= 15 is 0 Å². The van der Waals surface area contributed by atoms with Crippen molar-refractivity contribution < 1.29 is 23.8 Å². The van der Waals surface area contributed by atoms with Gasteiger partial charge in [0, 0.05) is 43.4 Å². The second-order valence-electron chi connectivity index (χ2n) is 8.32. The van der Waals surface area contributed by atoms with Crippen LogP contribution in [0.5, 0.6) is 0 Å². The molecule has 1 atom stereocenters. The van der Waals surface area contributed by atoms with E-state index in [2.05, 4.69) is 9.71 Å². The maximum Gasteiger partial charge on any atom is 0.263 e. The van der Waals surface area contributed by atoms with Crippen molar-refractivity contribution in [1.82, 2.24) is 14.5 Å². The molecule has 0 spiro atoms. The SMILES string of the molecule is C[C@@H](C(=O)N1CCN(c2ccc(S(=O)(=O)Nc3nccs3)cc2)C(=O)C1)n1ccc2cccc(F)c21.[HH]. The molecule has 3 heterocycles. The summed E-state index contributed by atoms with van der Waals surface area (Å²) >= 11 is 1.17. The molecule has 12 heteroatoms. The van der Waals surface area contributed by atoms with E-state index in [0.717, 1.165) is 0 Å². The third-order valence-electron chi connectivity index (χ3n) is 6.11. The Balaban J connectivity index is 0.00000320. The smallest absolute Gasteiger partial charge is 0.263 e. The van der Waals surface area contributed by atoms with Crippen LogP contribution in [0.2, 0.25) is 0 Å². The third-order valence-corrected chi connectivity index (χ3v) is 8.28. The Labute approximate surface area is 212 Å². The van der Waals surface area contributed by atoms with Crippen LogP contribution in [0.3, 0.4) is 0 Å². The standard InChI is InChI=1S/C24H22FN5O4S2.H2/c1-16(29-11-9-17-3-2-4-20(25)22(17)29)23(32)28-12-13-30(21(31)15-28)18-5-7-19(8-6-18)36(33,34)27-24-26-10-14-35-24;/h2-11,14,16H,12-13,15H2,1H3,(H,26,27);1H/t16-;/m0./s1. The van der Waals surface area contributed by atoms with Gasteiger partial charge in [-0.1, -0.05) is 12.1 Å². The lowest BCUT2D eigenvalue weighted by atomic mass is 10.2. The van der Waals surface area contributed by atoms with Crippen LogP contribution < -0.4 is 9.62 Å². The molecule has 4 aromatic rings. The van der Waals surface area contributed by atoms with Crippen molar-refractivity contribution in [3.63, 3.8) is 0 Å². The molecule has 1 aliphatic rings. The normalized spacial score (nSPS) is 15.3. The highest BCUT2D eigenvalue weighted by Gasteiger charge is 2.31. The van der Waals surface area contributed by atoms with Crippen LogP contribution in [0.1, 0.15) is 14.4 Å². The van der Waals surface area contributed by atoms with Gasteiger partial charge in [-0.3, -0.25) is 14.3 Å². The zero-order chi connectivity index (χ0) is 25.4. The first-order chi connectivity index (χ1) is 17.2. The number of benzene rings is 2. The van der Waals surface area contributed by atoms with Gasteiger partial charge < -0.3 is 14.4 Å². The fourth-order valence-electron chi connectivity index (χ4n) is 4.27. The first-order valence-electron chi connectivity index (χ1n) is 11.1. The van der Waals surface area contributed by atoms with Crippen molar-refractivity contribution in [3.05, 3.63) is 72.1 Å². The molecule has 1 fully saturated rings. The second-order valence-corrected chi connectivity index (χ2v) is 10.9. The number of thiazole rings is 1. The average molecular weight is 530 g/mol. The molecular formula is C24H24FN5O4S2. The highest BCUT2D eigenvalue weighted by molar-refractivity contribution is 7.93. The Morgan fingerprint density at radius 3 is 2.64 bits per heavy atom. The molecule has 0 radical (unpaired) electrons. The molecule has 36 heavy (non-hydrogen) atoms. The van der Waals surface area contributed by atoms with Crippen LogP contribution in [0.15, 0.2) is 71.2 Å². The van der Waals surface area contributed by atoms with Crippen molar-refractivity contribution in [2.24, 2.45) is 0 Å². The van der Waals surface area contributed by atoms with E-state index < -0.39 is 21.9 Å². The molecule has 0 aliphatic carbocycles. The number of nitrogens with zero attached hydrogens (tertiary/aromatic N) is 4. The van der Waals surface area contributed by atoms with E-state index in [4.69, 9.17) is 0 Å². The fraction of sp³-hybridized carbons (Fsp3) is 0.208. The molecule has 188 valence electrons. The maximum absolute atomic E-state index is 14.4. The van der Waals surface area contributed by atoms with Crippen LogP contribution in [-0.2, 0) is 19.6 Å². The van der Waals surface area contributed by atoms with Crippen molar-refractivity contribution in [2.75, 3.05) is 29.3 Å². The van der Waals surface area contributed by atoms with Gasteiger partial charge in [-0.2, -0.15) is 0 Å². The van der Waals surface area contributed by atoms with Crippen molar-refractivity contribution >= 4 is 54.9 Å². The van der Waals surface area contributed by atoms with E-state index in [-0.39, 0.29) is 36.4 Å². The summed E-state index contributed by atoms with van der Waals surface area (Å²) < 4.78 is 43.5. The van der Waals surface area contributed by atoms with Gasteiger partial charge in [0.05, 0.1) is 10.4 Å². The van der Waals surface area contributed by atoms with Crippen molar-refractivity contribution in [1.29, 1.82) is 0 Å². The summed E-state index contributed by atoms with van der Waals surface area (Å²) in [6.07, 6.45) is 3.18. The number of rotatable bonds is 6. The number of piperazine rings is 1. The van der Waals surface area contributed by atoms with Gasteiger partial charge in [0.25, 0.3) is 10.0 Å². The van der Waals surface area contributed by atoms with Gasteiger partial charge in [0.1, 0.15) is 18.4 Å². The summed E-state index contributed by atoms with van der Waals surface area (Å²) in [4.78, 5) is 33.0. The topological polar surface area (TPSA) is 105 Å². The molecule has 2 amide bonds. The molecule has 9 nitrogen and oxygen atoms in total. The minimum absolute atomic E-state index is 0. The first kappa shape index (κ1) is 23.9. The molecule has 2 aromatic heterocycles. The first-order valence-corrected chi connectivity index (χ1v) is 13.5. The van der Waals surface area contributed by atoms with Gasteiger partial charge in [-0.25, -0.2) is 17.8 Å². The number of anilines is 2. The van der Waals surface area contributed by atoms with Gasteiger partial charge in [-0.05, 0) is 43.3 Å². The van der Waals surface area contributed by atoms with E-state index in [1.54, 1.807) is 53.4 Å². The Kier molecular flexibility index (Phi) is 6.22. The molecule has 0 bridgehead atoms. The molecule has 1 N–H and O–H groups in total. The minimum Gasteiger partial charge on any atom is -0.333 e. The van der Waals surface area contributed by atoms with Gasteiger partial charge in [0.15, 0.2) is 5.13 Å². The molecule has 1 aliphatic heterocycles. The largest absolute Gasteiger partial charge is 0.333 e. The van der Waals surface area contributed by atoms with Crippen LogP contribution in [0.4, 0.5) is 15.2 Å². The Bertz CT molecular complexity index is 1540. The van der Waals surface area contributed by atoms with Crippen LogP contribution in [-0.4, -0.2) is 54.3 Å². The summed E-state index contributed by atoms with van der Waals surface area (Å²) in [5.41, 5.74) is 0.884. The molecule has 2 aromatic carbocycles. The lowest BCUT2D eigenvalue weighted by Gasteiger charge is -2.35. The minimum atomic E-state index is -3.80. The number of halogens is 1. The number of amides is 2. The number of para-hydroxylation sites is 1. The van der Waals surface area contributed by atoms with Crippen molar-refractivity contribution in [3.8, 4) is 0 Å². The van der Waals surface area contributed by atoms with E-state index in [9.17, 15) is 22.4 Å². The van der Waals surface area contributed by atoms with Crippen LogP contribution in [0.25, 0.3) is 10.9 Å². The zero-order valence-electron chi connectivity index (χ0n) is 19.2.